The van der Waals surface area contributed by atoms with Gasteiger partial charge in [0.25, 0.3) is 0 Å². The van der Waals surface area contributed by atoms with Gasteiger partial charge in [-0.3, -0.25) is 0 Å². The van der Waals surface area contributed by atoms with Gasteiger partial charge in [0.05, 0.1) is 5.69 Å². The highest BCUT2D eigenvalue weighted by Crippen LogP contribution is 2.34. The first kappa shape index (κ1) is 19.4. The van der Waals surface area contributed by atoms with Crippen LogP contribution in [0.2, 0.25) is 0 Å². The molecule has 2 aromatic carbocycles. The normalized spacial score (nSPS) is 14.1. The molecule has 0 atom stereocenters. The van der Waals surface area contributed by atoms with Crippen molar-refractivity contribution in [2.75, 3.05) is 36.4 Å². The molecule has 2 aromatic heterocycles. The summed E-state index contributed by atoms with van der Waals surface area (Å²) in [5, 5.41) is 2.65. The summed E-state index contributed by atoms with van der Waals surface area (Å²) in [4.78, 5) is 25.3. The van der Waals surface area contributed by atoms with E-state index in [9.17, 15) is 9.18 Å². The van der Waals surface area contributed by atoms with E-state index in [1.54, 1.807) is 29.4 Å². The number of piperazine rings is 1. The van der Waals surface area contributed by atoms with E-state index in [2.05, 4.69) is 24.6 Å². The molecule has 9 heteroatoms. The van der Waals surface area contributed by atoms with Crippen molar-refractivity contribution in [3.63, 3.8) is 0 Å². The molecule has 5 rings (SSSR count). The fourth-order valence-corrected chi connectivity index (χ4v) is 4.51. The molecule has 1 saturated heterocycles. The minimum atomic E-state index is -0.447. The third-order valence-corrected chi connectivity index (χ3v) is 6.10. The van der Waals surface area contributed by atoms with Crippen LogP contribution in [0.25, 0.3) is 21.5 Å². The molecule has 3 heterocycles. The number of carbonyl (C=O) groups is 1. The number of halogens is 1. The molecule has 0 radical (unpaired) electrons. The molecular weight excluding hydrogens is 415 g/mol. The van der Waals surface area contributed by atoms with Crippen LogP contribution in [-0.2, 0) is 0 Å². The van der Waals surface area contributed by atoms with E-state index in [0.29, 0.717) is 26.2 Å². The van der Waals surface area contributed by atoms with Crippen LogP contribution in [0.15, 0.2) is 60.9 Å². The standard InChI is InChI=1S/C22H19FN6OS/c23-16-8-4-5-9-17(16)26-22(30)29-12-10-28(11-13-29)21-20-19(24-14-25-21)18(27-31-20)15-6-2-1-3-7-15/h1-9,14H,10-13H2,(H,26,30). The summed E-state index contributed by atoms with van der Waals surface area (Å²) >= 11 is 1.39. The Hall–Kier alpha value is -3.59. The molecule has 1 fully saturated rings. The van der Waals surface area contributed by atoms with Crippen LogP contribution in [0.4, 0.5) is 20.7 Å². The van der Waals surface area contributed by atoms with Gasteiger partial charge < -0.3 is 15.1 Å². The highest BCUT2D eigenvalue weighted by Gasteiger charge is 2.25. The Morgan fingerprint density at radius 3 is 2.48 bits per heavy atom. The van der Waals surface area contributed by atoms with Gasteiger partial charge in [-0.2, -0.15) is 4.37 Å². The third-order valence-electron chi connectivity index (χ3n) is 5.27. The Labute approximate surface area is 182 Å². The zero-order valence-corrected chi connectivity index (χ0v) is 17.3. The van der Waals surface area contributed by atoms with E-state index in [0.717, 1.165) is 27.3 Å². The average molecular weight is 435 g/mol. The number of carbonyl (C=O) groups excluding carboxylic acids is 1. The van der Waals surface area contributed by atoms with Gasteiger partial charge in [-0.25, -0.2) is 19.2 Å². The lowest BCUT2D eigenvalue weighted by molar-refractivity contribution is 0.208. The number of para-hydroxylation sites is 1. The number of anilines is 2. The SMILES string of the molecule is O=C(Nc1ccccc1F)N1CCN(c2ncnc3c(-c4ccccc4)nsc23)CC1. The summed E-state index contributed by atoms with van der Waals surface area (Å²) in [6.45, 7) is 2.26. The highest BCUT2D eigenvalue weighted by molar-refractivity contribution is 7.14. The highest BCUT2D eigenvalue weighted by atomic mass is 32.1. The lowest BCUT2D eigenvalue weighted by Gasteiger charge is -2.35. The van der Waals surface area contributed by atoms with Crippen LogP contribution in [0.3, 0.4) is 0 Å². The summed E-state index contributed by atoms with van der Waals surface area (Å²) in [6, 6.07) is 15.8. The third kappa shape index (κ3) is 3.79. The molecule has 4 aromatic rings. The molecule has 2 amide bonds. The van der Waals surface area contributed by atoms with Gasteiger partial charge in [-0.1, -0.05) is 42.5 Å². The van der Waals surface area contributed by atoms with E-state index < -0.39 is 5.82 Å². The number of amides is 2. The average Bonchev–Trinajstić information content (AvgIpc) is 3.26. The van der Waals surface area contributed by atoms with Crippen molar-refractivity contribution in [3.05, 3.63) is 66.7 Å². The monoisotopic (exact) mass is 434 g/mol. The first-order chi connectivity index (χ1) is 15.2. The first-order valence-corrected chi connectivity index (χ1v) is 10.7. The van der Waals surface area contributed by atoms with Crippen LogP contribution >= 0.6 is 11.5 Å². The number of benzene rings is 2. The second-order valence-corrected chi connectivity index (χ2v) is 7.93. The van der Waals surface area contributed by atoms with Crippen molar-refractivity contribution in [2.45, 2.75) is 0 Å². The molecular formula is C22H19FN6OS. The van der Waals surface area contributed by atoms with E-state index in [-0.39, 0.29) is 11.7 Å². The van der Waals surface area contributed by atoms with Crippen molar-refractivity contribution in [1.29, 1.82) is 0 Å². The molecule has 1 N–H and O–H groups in total. The predicted octanol–water partition coefficient (Wildman–Crippen LogP) is 4.25. The van der Waals surface area contributed by atoms with Gasteiger partial charge in [0.15, 0.2) is 5.82 Å². The summed E-state index contributed by atoms with van der Waals surface area (Å²) in [5.74, 6) is 0.385. The van der Waals surface area contributed by atoms with Gasteiger partial charge >= 0.3 is 6.03 Å². The molecule has 31 heavy (non-hydrogen) atoms. The summed E-state index contributed by atoms with van der Waals surface area (Å²) < 4.78 is 19.4. The number of nitrogens with zero attached hydrogens (tertiary/aromatic N) is 5. The molecule has 0 spiro atoms. The molecule has 156 valence electrons. The van der Waals surface area contributed by atoms with E-state index in [1.165, 1.54) is 17.6 Å². The van der Waals surface area contributed by atoms with Crippen LogP contribution in [0.1, 0.15) is 0 Å². The predicted molar refractivity (Wildman–Crippen MR) is 120 cm³/mol. The van der Waals surface area contributed by atoms with E-state index in [4.69, 9.17) is 0 Å². The zero-order valence-electron chi connectivity index (χ0n) is 16.5. The van der Waals surface area contributed by atoms with E-state index in [1.807, 2.05) is 30.3 Å². The molecule has 0 unspecified atom stereocenters. The minimum absolute atomic E-state index is 0.186. The number of urea groups is 1. The van der Waals surface area contributed by atoms with Gasteiger partial charge in [0.2, 0.25) is 0 Å². The minimum Gasteiger partial charge on any atom is -0.352 e. The van der Waals surface area contributed by atoms with Gasteiger partial charge in [-0.15, -0.1) is 0 Å². The fourth-order valence-electron chi connectivity index (χ4n) is 3.64. The first-order valence-electron chi connectivity index (χ1n) is 9.92. The second-order valence-electron chi connectivity index (χ2n) is 7.16. The van der Waals surface area contributed by atoms with Crippen LogP contribution < -0.4 is 10.2 Å². The molecule has 0 saturated carbocycles. The summed E-state index contributed by atoms with van der Waals surface area (Å²) in [6.07, 6.45) is 1.57. The summed E-state index contributed by atoms with van der Waals surface area (Å²) in [5.41, 5.74) is 2.90. The number of rotatable bonds is 3. The Morgan fingerprint density at radius 2 is 1.71 bits per heavy atom. The van der Waals surface area contributed by atoms with Crippen molar-refractivity contribution >= 4 is 39.3 Å². The maximum Gasteiger partial charge on any atom is 0.322 e. The number of hydrogen-bond donors (Lipinski definition) is 1. The molecule has 7 nitrogen and oxygen atoms in total. The number of aromatic nitrogens is 3. The van der Waals surface area contributed by atoms with Crippen LogP contribution in [0.5, 0.6) is 0 Å². The Balaban J connectivity index is 1.31. The number of nitrogens with one attached hydrogen (secondary N) is 1. The maximum atomic E-state index is 13.8. The second kappa shape index (κ2) is 8.27. The van der Waals surface area contributed by atoms with Crippen molar-refractivity contribution in [3.8, 4) is 11.3 Å². The zero-order chi connectivity index (χ0) is 21.2. The van der Waals surface area contributed by atoms with Gasteiger partial charge in [0.1, 0.15) is 28.1 Å². The molecule has 0 aliphatic carbocycles. The number of hydrogen-bond acceptors (Lipinski definition) is 6. The summed E-state index contributed by atoms with van der Waals surface area (Å²) in [7, 11) is 0. The number of fused-ring (bicyclic) bond motifs is 1. The van der Waals surface area contributed by atoms with Crippen LogP contribution in [0, 0.1) is 5.82 Å². The Kier molecular flexibility index (Phi) is 5.17. The van der Waals surface area contributed by atoms with Crippen LogP contribution in [-0.4, -0.2) is 51.5 Å². The molecule has 1 aliphatic rings. The Morgan fingerprint density at radius 1 is 0.968 bits per heavy atom. The van der Waals surface area contributed by atoms with Gasteiger partial charge in [-0.05, 0) is 23.7 Å². The Bertz CT molecular complexity index is 1220. The molecule has 0 bridgehead atoms. The van der Waals surface area contributed by atoms with E-state index >= 15 is 0 Å². The smallest absolute Gasteiger partial charge is 0.322 e. The molecule has 1 aliphatic heterocycles. The topological polar surface area (TPSA) is 74.2 Å². The van der Waals surface area contributed by atoms with Crippen molar-refractivity contribution < 1.29 is 9.18 Å². The van der Waals surface area contributed by atoms with Crippen molar-refractivity contribution in [2.24, 2.45) is 0 Å². The largest absolute Gasteiger partial charge is 0.352 e. The fraction of sp³-hybridized carbons (Fsp3) is 0.182. The maximum absolute atomic E-state index is 13.8. The quantitative estimate of drug-likeness (QED) is 0.522. The lowest BCUT2D eigenvalue weighted by Crippen LogP contribution is -2.50. The lowest BCUT2D eigenvalue weighted by atomic mass is 10.1. The van der Waals surface area contributed by atoms with Crippen molar-refractivity contribution in [1.82, 2.24) is 19.2 Å². The van der Waals surface area contributed by atoms with Gasteiger partial charge in [0, 0.05) is 31.7 Å².